The first-order chi connectivity index (χ1) is 9.72. The number of anilines is 1. The predicted molar refractivity (Wildman–Crippen MR) is 83.0 cm³/mol. The first-order valence-corrected chi connectivity index (χ1v) is 7.31. The van der Waals surface area contributed by atoms with E-state index >= 15 is 0 Å². The van der Waals surface area contributed by atoms with Gasteiger partial charge in [-0.2, -0.15) is 0 Å². The number of benzene rings is 2. The van der Waals surface area contributed by atoms with Gasteiger partial charge in [-0.05, 0) is 42.5 Å². The van der Waals surface area contributed by atoms with E-state index in [9.17, 15) is 5.11 Å². The SMILES string of the molecule is CC(O)Cc1ccc2c(c1)N(Cc1ccccc1)CC2. The summed E-state index contributed by atoms with van der Waals surface area (Å²) in [6.45, 7) is 3.89. The molecule has 2 heteroatoms. The zero-order valence-corrected chi connectivity index (χ0v) is 11.9. The van der Waals surface area contributed by atoms with Gasteiger partial charge in [0.1, 0.15) is 0 Å². The number of rotatable bonds is 4. The molecule has 2 aromatic carbocycles. The van der Waals surface area contributed by atoms with Gasteiger partial charge in [0.2, 0.25) is 0 Å². The zero-order chi connectivity index (χ0) is 13.9. The second-order valence-electron chi connectivity index (χ2n) is 5.67. The molecule has 3 rings (SSSR count). The van der Waals surface area contributed by atoms with E-state index in [0.29, 0.717) is 0 Å². The molecule has 0 amide bonds. The highest BCUT2D eigenvalue weighted by molar-refractivity contribution is 5.59. The third kappa shape index (κ3) is 2.86. The normalized spacial score (nSPS) is 15.2. The molecule has 20 heavy (non-hydrogen) atoms. The van der Waals surface area contributed by atoms with Gasteiger partial charge in [-0.25, -0.2) is 0 Å². The van der Waals surface area contributed by atoms with Crippen LogP contribution in [0, 0.1) is 0 Å². The van der Waals surface area contributed by atoms with Crippen LogP contribution in [0.2, 0.25) is 0 Å². The average Bonchev–Trinajstić information content (AvgIpc) is 2.82. The second-order valence-corrected chi connectivity index (χ2v) is 5.67. The van der Waals surface area contributed by atoms with E-state index < -0.39 is 0 Å². The van der Waals surface area contributed by atoms with Crippen molar-refractivity contribution in [1.82, 2.24) is 0 Å². The Morgan fingerprint density at radius 1 is 1.10 bits per heavy atom. The summed E-state index contributed by atoms with van der Waals surface area (Å²) in [5, 5.41) is 9.54. The first-order valence-electron chi connectivity index (χ1n) is 7.31. The molecule has 2 aromatic rings. The summed E-state index contributed by atoms with van der Waals surface area (Å²) in [5.41, 5.74) is 5.34. The molecule has 1 aliphatic heterocycles. The van der Waals surface area contributed by atoms with E-state index in [0.717, 1.165) is 25.9 Å². The minimum atomic E-state index is -0.281. The lowest BCUT2D eigenvalue weighted by Gasteiger charge is -2.20. The molecule has 1 unspecified atom stereocenters. The van der Waals surface area contributed by atoms with Crippen molar-refractivity contribution in [3.8, 4) is 0 Å². The monoisotopic (exact) mass is 267 g/mol. The minimum absolute atomic E-state index is 0.281. The van der Waals surface area contributed by atoms with Crippen molar-refractivity contribution < 1.29 is 5.11 Å². The van der Waals surface area contributed by atoms with Crippen molar-refractivity contribution >= 4 is 5.69 Å². The Labute approximate surface area is 120 Å². The predicted octanol–water partition coefficient (Wildman–Crippen LogP) is 3.17. The Kier molecular flexibility index (Phi) is 3.75. The first kappa shape index (κ1) is 13.2. The fourth-order valence-corrected chi connectivity index (χ4v) is 2.93. The van der Waals surface area contributed by atoms with Gasteiger partial charge in [0.15, 0.2) is 0 Å². The fraction of sp³-hybridized carbons (Fsp3) is 0.333. The van der Waals surface area contributed by atoms with E-state index in [1.54, 1.807) is 0 Å². The van der Waals surface area contributed by atoms with Crippen molar-refractivity contribution in [1.29, 1.82) is 0 Å². The Bertz CT molecular complexity index is 577. The van der Waals surface area contributed by atoms with Crippen LogP contribution in [0.3, 0.4) is 0 Å². The average molecular weight is 267 g/mol. The Morgan fingerprint density at radius 3 is 2.65 bits per heavy atom. The fourth-order valence-electron chi connectivity index (χ4n) is 2.93. The lowest BCUT2D eigenvalue weighted by atomic mass is 10.0. The smallest absolute Gasteiger partial charge is 0.0552 e. The molecule has 0 aliphatic carbocycles. The van der Waals surface area contributed by atoms with Crippen LogP contribution in [0.4, 0.5) is 5.69 Å². The molecule has 0 bridgehead atoms. The molecule has 2 nitrogen and oxygen atoms in total. The Balaban J connectivity index is 1.81. The summed E-state index contributed by atoms with van der Waals surface area (Å²) >= 11 is 0. The van der Waals surface area contributed by atoms with Crippen LogP contribution >= 0.6 is 0 Å². The second kappa shape index (κ2) is 5.68. The van der Waals surface area contributed by atoms with E-state index in [4.69, 9.17) is 0 Å². The van der Waals surface area contributed by atoms with Gasteiger partial charge in [0.05, 0.1) is 6.10 Å². The third-order valence-electron chi connectivity index (χ3n) is 3.89. The van der Waals surface area contributed by atoms with Crippen molar-refractivity contribution in [2.45, 2.75) is 32.4 Å². The van der Waals surface area contributed by atoms with E-state index in [-0.39, 0.29) is 6.10 Å². The number of nitrogens with zero attached hydrogens (tertiary/aromatic N) is 1. The quantitative estimate of drug-likeness (QED) is 0.919. The summed E-state index contributed by atoms with van der Waals surface area (Å²) in [5.74, 6) is 0. The summed E-state index contributed by atoms with van der Waals surface area (Å²) < 4.78 is 0. The van der Waals surface area contributed by atoms with E-state index in [2.05, 4.69) is 53.4 Å². The molecule has 0 aromatic heterocycles. The van der Waals surface area contributed by atoms with Gasteiger partial charge in [0.25, 0.3) is 0 Å². The van der Waals surface area contributed by atoms with Crippen LogP contribution in [0.15, 0.2) is 48.5 Å². The van der Waals surface area contributed by atoms with Gasteiger partial charge in [-0.3, -0.25) is 0 Å². The maximum absolute atomic E-state index is 9.54. The highest BCUT2D eigenvalue weighted by atomic mass is 16.3. The molecular weight excluding hydrogens is 246 g/mol. The summed E-state index contributed by atoms with van der Waals surface area (Å²) in [7, 11) is 0. The molecule has 1 heterocycles. The van der Waals surface area contributed by atoms with Crippen LogP contribution in [-0.2, 0) is 19.4 Å². The maximum Gasteiger partial charge on any atom is 0.0552 e. The lowest BCUT2D eigenvalue weighted by molar-refractivity contribution is 0.195. The highest BCUT2D eigenvalue weighted by Gasteiger charge is 2.19. The Morgan fingerprint density at radius 2 is 1.90 bits per heavy atom. The van der Waals surface area contributed by atoms with Crippen LogP contribution in [0.25, 0.3) is 0 Å². The largest absolute Gasteiger partial charge is 0.393 e. The van der Waals surface area contributed by atoms with Crippen molar-refractivity contribution in [3.63, 3.8) is 0 Å². The molecule has 1 atom stereocenters. The van der Waals surface area contributed by atoms with E-state index in [1.807, 2.05) is 6.92 Å². The van der Waals surface area contributed by atoms with E-state index in [1.165, 1.54) is 22.4 Å². The summed E-state index contributed by atoms with van der Waals surface area (Å²) in [4.78, 5) is 2.44. The summed E-state index contributed by atoms with van der Waals surface area (Å²) in [6.07, 6.45) is 1.57. The molecule has 0 radical (unpaired) electrons. The van der Waals surface area contributed by atoms with Gasteiger partial charge >= 0.3 is 0 Å². The Hall–Kier alpha value is -1.80. The molecule has 0 saturated heterocycles. The van der Waals surface area contributed by atoms with Gasteiger partial charge in [-0.15, -0.1) is 0 Å². The lowest BCUT2D eigenvalue weighted by Crippen LogP contribution is -2.19. The van der Waals surface area contributed by atoms with Gasteiger partial charge in [-0.1, -0.05) is 42.5 Å². The van der Waals surface area contributed by atoms with Crippen molar-refractivity contribution in [2.24, 2.45) is 0 Å². The summed E-state index contributed by atoms with van der Waals surface area (Å²) in [6, 6.07) is 17.2. The number of hydrogen-bond acceptors (Lipinski definition) is 2. The molecule has 0 spiro atoms. The maximum atomic E-state index is 9.54. The van der Waals surface area contributed by atoms with Crippen molar-refractivity contribution in [2.75, 3.05) is 11.4 Å². The number of aliphatic hydroxyl groups excluding tert-OH is 1. The molecule has 0 fully saturated rings. The molecule has 1 aliphatic rings. The van der Waals surface area contributed by atoms with Crippen LogP contribution in [-0.4, -0.2) is 17.8 Å². The van der Waals surface area contributed by atoms with Crippen LogP contribution < -0.4 is 4.90 Å². The molecular formula is C18H21NO. The molecule has 104 valence electrons. The molecule has 0 saturated carbocycles. The molecule has 1 N–H and O–H groups in total. The number of aliphatic hydroxyl groups is 1. The minimum Gasteiger partial charge on any atom is -0.393 e. The van der Waals surface area contributed by atoms with Crippen LogP contribution in [0.1, 0.15) is 23.6 Å². The zero-order valence-electron chi connectivity index (χ0n) is 11.9. The van der Waals surface area contributed by atoms with Gasteiger partial charge < -0.3 is 10.0 Å². The topological polar surface area (TPSA) is 23.5 Å². The third-order valence-corrected chi connectivity index (χ3v) is 3.89. The number of fused-ring (bicyclic) bond motifs is 1. The van der Waals surface area contributed by atoms with Crippen molar-refractivity contribution in [3.05, 3.63) is 65.2 Å². The standard InChI is InChI=1S/C18H21NO/c1-14(20)11-16-7-8-17-9-10-19(18(17)12-16)13-15-5-3-2-4-6-15/h2-8,12,14,20H,9-11,13H2,1H3. The van der Waals surface area contributed by atoms with Gasteiger partial charge in [0, 0.05) is 18.8 Å². The number of hydrogen-bond donors (Lipinski definition) is 1. The highest BCUT2D eigenvalue weighted by Crippen LogP contribution is 2.30. The van der Waals surface area contributed by atoms with Crippen LogP contribution in [0.5, 0.6) is 0 Å².